The van der Waals surface area contributed by atoms with Crippen LogP contribution in [0.3, 0.4) is 0 Å². The van der Waals surface area contributed by atoms with Gasteiger partial charge in [0.15, 0.2) is 0 Å². The number of rotatable bonds is 6. The number of piperidine rings is 1. The summed E-state index contributed by atoms with van der Waals surface area (Å²) in [5.74, 6) is 0.397. The Bertz CT molecular complexity index is 280. The van der Waals surface area contributed by atoms with Gasteiger partial charge in [-0.25, -0.2) is 0 Å². The quantitative estimate of drug-likeness (QED) is 0.724. The Kier molecular flexibility index (Phi) is 6.07. The number of methoxy groups -OCH3 is 1. The summed E-state index contributed by atoms with van der Waals surface area (Å²) < 4.78 is 5.14. The van der Waals surface area contributed by atoms with Gasteiger partial charge in [-0.1, -0.05) is 0 Å². The van der Waals surface area contributed by atoms with Crippen molar-refractivity contribution in [1.29, 1.82) is 0 Å². The van der Waals surface area contributed by atoms with Gasteiger partial charge in [0.1, 0.15) is 0 Å². The van der Waals surface area contributed by atoms with E-state index in [1.54, 1.807) is 7.11 Å². The summed E-state index contributed by atoms with van der Waals surface area (Å²) in [6, 6.07) is 0.496. The molecule has 2 N–H and O–H groups in total. The van der Waals surface area contributed by atoms with Crippen LogP contribution >= 0.6 is 0 Å². The summed E-state index contributed by atoms with van der Waals surface area (Å²) in [5.41, 5.74) is 0. The molecule has 2 fully saturated rings. The molecule has 0 saturated carbocycles. The second-order valence-corrected chi connectivity index (χ2v) is 5.61. The zero-order chi connectivity index (χ0) is 13.5. The van der Waals surface area contributed by atoms with Gasteiger partial charge >= 0.3 is 0 Å². The summed E-state index contributed by atoms with van der Waals surface area (Å²) >= 11 is 0. The SMILES string of the molecule is COCCN1CCCC1CNC(=O)C1CCCNC1. The molecule has 2 heterocycles. The van der Waals surface area contributed by atoms with E-state index in [0.717, 1.165) is 52.2 Å². The first-order valence-electron chi connectivity index (χ1n) is 7.52. The summed E-state index contributed by atoms with van der Waals surface area (Å²) in [6.45, 7) is 5.56. The molecule has 0 radical (unpaired) electrons. The third-order valence-electron chi connectivity index (χ3n) is 4.26. The van der Waals surface area contributed by atoms with Crippen LogP contribution in [0.2, 0.25) is 0 Å². The molecule has 2 unspecified atom stereocenters. The van der Waals surface area contributed by atoms with Crippen molar-refractivity contribution in [2.24, 2.45) is 5.92 Å². The van der Waals surface area contributed by atoms with E-state index in [9.17, 15) is 4.79 Å². The van der Waals surface area contributed by atoms with E-state index in [1.807, 2.05) is 0 Å². The largest absolute Gasteiger partial charge is 0.383 e. The van der Waals surface area contributed by atoms with Gasteiger partial charge in [0.2, 0.25) is 5.91 Å². The Hall–Kier alpha value is -0.650. The monoisotopic (exact) mass is 269 g/mol. The fourth-order valence-corrected chi connectivity index (χ4v) is 3.07. The maximum absolute atomic E-state index is 12.1. The average molecular weight is 269 g/mol. The highest BCUT2D eigenvalue weighted by Crippen LogP contribution is 2.16. The van der Waals surface area contributed by atoms with Crippen LogP contribution in [0.25, 0.3) is 0 Å². The van der Waals surface area contributed by atoms with Gasteiger partial charge in [0, 0.05) is 32.8 Å². The minimum Gasteiger partial charge on any atom is -0.383 e. The van der Waals surface area contributed by atoms with E-state index < -0.39 is 0 Å². The molecule has 2 aliphatic heterocycles. The van der Waals surface area contributed by atoms with Gasteiger partial charge in [-0.15, -0.1) is 0 Å². The molecule has 5 heteroatoms. The van der Waals surface area contributed by atoms with E-state index in [2.05, 4.69) is 15.5 Å². The number of carbonyl (C=O) groups excluding carboxylic acids is 1. The van der Waals surface area contributed by atoms with Crippen molar-refractivity contribution in [2.75, 3.05) is 46.4 Å². The average Bonchev–Trinajstić information content (AvgIpc) is 2.91. The molecule has 2 saturated heterocycles. The smallest absolute Gasteiger partial charge is 0.224 e. The topological polar surface area (TPSA) is 53.6 Å². The molecule has 0 aliphatic carbocycles. The fraction of sp³-hybridized carbons (Fsp3) is 0.929. The van der Waals surface area contributed by atoms with Crippen LogP contribution in [0.4, 0.5) is 0 Å². The van der Waals surface area contributed by atoms with Crippen LogP contribution in [0.15, 0.2) is 0 Å². The summed E-state index contributed by atoms with van der Waals surface area (Å²) in [5, 5.41) is 6.43. The van der Waals surface area contributed by atoms with Gasteiger partial charge < -0.3 is 15.4 Å². The Balaban J connectivity index is 1.69. The van der Waals surface area contributed by atoms with Gasteiger partial charge in [-0.3, -0.25) is 9.69 Å². The molecule has 0 aromatic heterocycles. The van der Waals surface area contributed by atoms with Crippen LogP contribution < -0.4 is 10.6 Å². The molecule has 0 aromatic carbocycles. The predicted octanol–water partition coefficient (Wildman–Crippen LogP) is 0.213. The van der Waals surface area contributed by atoms with Gasteiger partial charge in [0.25, 0.3) is 0 Å². The highest BCUT2D eigenvalue weighted by Gasteiger charge is 2.26. The molecule has 1 amide bonds. The summed E-state index contributed by atoms with van der Waals surface area (Å²) in [7, 11) is 1.74. The van der Waals surface area contributed by atoms with Crippen LogP contribution in [-0.4, -0.2) is 63.3 Å². The number of ether oxygens (including phenoxy) is 1. The maximum Gasteiger partial charge on any atom is 0.224 e. The number of nitrogens with one attached hydrogen (secondary N) is 2. The van der Waals surface area contributed by atoms with E-state index in [4.69, 9.17) is 4.74 Å². The lowest BCUT2D eigenvalue weighted by atomic mass is 9.99. The van der Waals surface area contributed by atoms with Crippen LogP contribution in [-0.2, 0) is 9.53 Å². The molecule has 2 aliphatic rings. The summed E-state index contributed by atoms with van der Waals surface area (Å²) in [6.07, 6.45) is 4.56. The first-order chi connectivity index (χ1) is 9.31. The number of likely N-dealkylation sites (tertiary alicyclic amines) is 1. The number of carbonyl (C=O) groups is 1. The van der Waals surface area contributed by atoms with Crippen LogP contribution in [0.5, 0.6) is 0 Å². The van der Waals surface area contributed by atoms with Crippen molar-refractivity contribution < 1.29 is 9.53 Å². The standard InChI is InChI=1S/C14H27N3O2/c1-19-9-8-17-7-3-5-13(17)11-16-14(18)12-4-2-6-15-10-12/h12-13,15H,2-11H2,1H3,(H,16,18). The molecule has 2 rings (SSSR count). The number of hydrogen-bond donors (Lipinski definition) is 2. The zero-order valence-corrected chi connectivity index (χ0v) is 12.0. The molecule has 5 nitrogen and oxygen atoms in total. The zero-order valence-electron chi connectivity index (χ0n) is 12.0. The van der Waals surface area contributed by atoms with Crippen molar-refractivity contribution in [3.05, 3.63) is 0 Å². The van der Waals surface area contributed by atoms with Crippen molar-refractivity contribution in [3.63, 3.8) is 0 Å². The Morgan fingerprint density at radius 3 is 3.05 bits per heavy atom. The second-order valence-electron chi connectivity index (χ2n) is 5.61. The molecule has 0 bridgehead atoms. The minimum atomic E-state index is 0.169. The van der Waals surface area contributed by atoms with Gasteiger partial charge in [-0.2, -0.15) is 0 Å². The molecular formula is C14H27N3O2. The third kappa shape index (κ3) is 4.44. The Labute approximate surface area is 116 Å². The van der Waals surface area contributed by atoms with Crippen LogP contribution in [0.1, 0.15) is 25.7 Å². The van der Waals surface area contributed by atoms with Crippen molar-refractivity contribution >= 4 is 5.91 Å². The van der Waals surface area contributed by atoms with Gasteiger partial charge in [-0.05, 0) is 38.8 Å². The van der Waals surface area contributed by atoms with E-state index >= 15 is 0 Å². The van der Waals surface area contributed by atoms with E-state index in [0.29, 0.717) is 6.04 Å². The van der Waals surface area contributed by atoms with Crippen molar-refractivity contribution in [2.45, 2.75) is 31.7 Å². The lowest BCUT2D eigenvalue weighted by Gasteiger charge is -2.26. The Morgan fingerprint density at radius 1 is 1.42 bits per heavy atom. The number of amides is 1. The first kappa shape index (κ1) is 14.8. The highest BCUT2D eigenvalue weighted by molar-refractivity contribution is 5.79. The molecule has 110 valence electrons. The fourth-order valence-electron chi connectivity index (χ4n) is 3.07. The highest BCUT2D eigenvalue weighted by atomic mass is 16.5. The molecule has 0 aromatic rings. The maximum atomic E-state index is 12.1. The number of nitrogens with zero attached hydrogens (tertiary/aromatic N) is 1. The number of hydrogen-bond acceptors (Lipinski definition) is 4. The van der Waals surface area contributed by atoms with E-state index in [1.165, 1.54) is 12.8 Å². The molecule has 19 heavy (non-hydrogen) atoms. The molecule has 2 atom stereocenters. The normalized spacial score (nSPS) is 28.5. The Morgan fingerprint density at radius 2 is 2.32 bits per heavy atom. The molecule has 0 spiro atoms. The van der Waals surface area contributed by atoms with Crippen LogP contribution in [0, 0.1) is 5.92 Å². The van der Waals surface area contributed by atoms with Gasteiger partial charge in [0.05, 0.1) is 12.5 Å². The van der Waals surface area contributed by atoms with Crippen molar-refractivity contribution in [3.8, 4) is 0 Å². The van der Waals surface area contributed by atoms with E-state index in [-0.39, 0.29) is 11.8 Å². The lowest BCUT2D eigenvalue weighted by Crippen LogP contribution is -2.45. The second kappa shape index (κ2) is 7.82. The first-order valence-corrected chi connectivity index (χ1v) is 7.52. The lowest BCUT2D eigenvalue weighted by molar-refractivity contribution is -0.125. The predicted molar refractivity (Wildman–Crippen MR) is 75.1 cm³/mol. The molecular weight excluding hydrogens is 242 g/mol. The minimum absolute atomic E-state index is 0.169. The summed E-state index contributed by atoms with van der Waals surface area (Å²) in [4.78, 5) is 14.5. The third-order valence-corrected chi connectivity index (χ3v) is 4.26. The van der Waals surface area contributed by atoms with Crippen molar-refractivity contribution in [1.82, 2.24) is 15.5 Å².